The Balaban J connectivity index is 4.02. The lowest BCUT2D eigenvalue weighted by Crippen LogP contribution is -2.42. The second kappa shape index (κ2) is 8.30. The molecule has 0 aromatic carbocycles. The first kappa shape index (κ1) is 16.2. The van der Waals surface area contributed by atoms with E-state index in [1.165, 1.54) is 4.90 Å². The van der Waals surface area contributed by atoms with Crippen molar-refractivity contribution in [3.05, 3.63) is 0 Å². The van der Waals surface area contributed by atoms with Crippen molar-refractivity contribution in [1.82, 2.24) is 4.90 Å². The van der Waals surface area contributed by atoms with Crippen LogP contribution in [-0.4, -0.2) is 48.0 Å². The molecule has 0 aliphatic heterocycles. The Morgan fingerprint density at radius 3 is 2.47 bits per heavy atom. The molecule has 0 saturated carbocycles. The van der Waals surface area contributed by atoms with Crippen molar-refractivity contribution in [3.63, 3.8) is 0 Å². The summed E-state index contributed by atoms with van der Waals surface area (Å²) in [5, 5.41) is 0. The maximum atomic E-state index is 11.8. The van der Waals surface area contributed by atoms with Gasteiger partial charge in [-0.3, -0.25) is 4.79 Å². The minimum Gasteiger partial charge on any atom is -0.392 e. The predicted octanol–water partition coefficient (Wildman–Crippen LogP) is 1.18. The summed E-state index contributed by atoms with van der Waals surface area (Å²) < 4.78 is 28.2. The molecule has 0 aliphatic rings. The molecule has 0 aromatic heterocycles. The van der Waals surface area contributed by atoms with Crippen molar-refractivity contribution in [2.75, 3.05) is 19.8 Å². The number of halogens is 2. The van der Waals surface area contributed by atoms with E-state index in [4.69, 9.17) is 18.0 Å². The lowest BCUT2D eigenvalue weighted by atomic mass is 10.2. The average Bonchev–Trinajstić information content (AvgIpc) is 2.19. The first-order valence-electron chi connectivity index (χ1n) is 5.28. The molecule has 100 valence electrons. The van der Waals surface area contributed by atoms with E-state index >= 15 is 0 Å². The van der Waals surface area contributed by atoms with Crippen LogP contribution in [0.25, 0.3) is 0 Å². The van der Waals surface area contributed by atoms with Crippen molar-refractivity contribution in [3.8, 4) is 0 Å². The topological polar surface area (TPSA) is 55.6 Å². The first-order chi connectivity index (χ1) is 7.84. The Morgan fingerprint density at radius 1 is 1.47 bits per heavy atom. The van der Waals surface area contributed by atoms with Crippen molar-refractivity contribution >= 4 is 23.1 Å². The number of hydrogen-bond acceptors (Lipinski definition) is 3. The van der Waals surface area contributed by atoms with Crippen molar-refractivity contribution < 1.29 is 18.3 Å². The fourth-order valence-corrected chi connectivity index (χ4v) is 1.34. The highest BCUT2D eigenvalue weighted by Crippen LogP contribution is 2.02. The van der Waals surface area contributed by atoms with Crippen LogP contribution in [0.5, 0.6) is 0 Å². The molecule has 0 unspecified atom stereocenters. The van der Waals surface area contributed by atoms with Gasteiger partial charge in [-0.05, 0) is 13.8 Å². The number of carbonyl (C=O) groups excluding carboxylic acids is 1. The number of nitrogens with two attached hydrogens (primary N) is 1. The van der Waals surface area contributed by atoms with Crippen LogP contribution in [0.15, 0.2) is 0 Å². The Labute approximate surface area is 105 Å². The van der Waals surface area contributed by atoms with E-state index < -0.39 is 13.0 Å². The van der Waals surface area contributed by atoms with Crippen LogP contribution < -0.4 is 5.73 Å². The van der Waals surface area contributed by atoms with Crippen LogP contribution in [0.2, 0.25) is 0 Å². The lowest BCUT2D eigenvalue weighted by molar-refractivity contribution is -0.133. The third-order valence-electron chi connectivity index (χ3n) is 1.97. The summed E-state index contributed by atoms with van der Waals surface area (Å²) in [5.74, 6) is -0.206. The Kier molecular flexibility index (Phi) is 7.90. The fraction of sp³-hybridized carbons (Fsp3) is 0.800. The molecule has 0 saturated heterocycles. The molecule has 17 heavy (non-hydrogen) atoms. The SMILES string of the molecule is CC(C)N(CC(N)=S)C(=O)CCOCC(F)F. The highest BCUT2D eigenvalue weighted by molar-refractivity contribution is 7.80. The number of hydrogen-bond donors (Lipinski definition) is 1. The van der Waals surface area contributed by atoms with Gasteiger partial charge in [0.15, 0.2) is 0 Å². The molecule has 2 N–H and O–H groups in total. The van der Waals surface area contributed by atoms with E-state index in [-0.39, 0.29) is 36.5 Å². The van der Waals surface area contributed by atoms with Crippen LogP contribution in [0.3, 0.4) is 0 Å². The fourth-order valence-electron chi connectivity index (χ4n) is 1.20. The molecule has 0 fully saturated rings. The van der Waals surface area contributed by atoms with Crippen LogP contribution in [0.1, 0.15) is 20.3 Å². The molecule has 0 aliphatic carbocycles. The summed E-state index contributed by atoms with van der Waals surface area (Å²) in [6.45, 7) is 3.18. The molecular formula is C10H18F2N2O2S. The number of thiocarbonyl (C=S) groups is 1. The molecule has 4 nitrogen and oxygen atoms in total. The zero-order valence-electron chi connectivity index (χ0n) is 9.99. The van der Waals surface area contributed by atoms with Gasteiger partial charge in [-0.2, -0.15) is 0 Å². The Morgan fingerprint density at radius 2 is 2.06 bits per heavy atom. The highest BCUT2D eigenvalue weighted by atomic mass is 32.1. The van der Waals surface area contributed by atoms with E-state index in [9.17, 15) is 13.6 Å². The van der Waals surface area contributed by atoms with Gasteiger partial charge in [0.25, 0.3) is 6.43 Å². The molecule has 0 heterocycles. The van der Waals surface area contributed by atoms with Crippen LogP contribution >= 0.6 is 12.2 Å². The number of amides is 1. The van der Waals surface area contributed by atoms with Gasteiger partial charge < -0.3 is 15.4 Å². The Hall–Kier alpha value is -0.820. The van der Waals surface area contributed by atoms with Gasteiger partial charge in [-0.15, -0.1) is 0 Å². The summed E-state index contributed by atoms with van der Waals surface area (Å²) in [7, 11) is 0. The van der Waals surface area contributed by atoms with E-state index in [1.807, 2.05) is 13.8 Å². The first-order valence-corrected chi connectivity index (χ1v) is 5.69. The maximum Gasteiger partial charge on any atom is 0.261 e. The lowest BCUT2D eigenvalue weighted by Gasteiger charge is -2.26. The van der Waals surface area contributed by atoms with Gasteiger partial charge in [-0.25, -0.2) is 8.78 Å². The predicted molar refractivity (Wildman–Crippen MR) is 65.1 cm³/mol. The molecule has 0 aromatic rings. The van der Waals surface area contributed by atoms with E-state index in [2.05, 4.69) is 4.74 Å². The summed E-state index contributed by atoms with van der Waals surface area (Å²) in [4.78, 5) is 13.4. The van der Waals surface area contributed by atoms with Crippen molar-refractivity contribution in [1.29, 1.82) is 0 Å². The normalized spacial score (nSPS) is 10.9. The summed E-state index contributed by atoms with van der Waals surface area (Å²) in [6.07, 6.45) is -2.46. The van der Waals surface area contributed by atoms with Gasteiger partial charge in [0.1, 0.15) is 6.61 Å². The van der Waals surface area contributed by atoms with E-state index in [0.29, 0.717) is 0 Å². The summed E-state index contributed by atoms with van der Waals surface area (Å²) in [6, 6.07) is -0.0425. The second-order valence-corrected chi connectivity index (χ2v) is 4.32. The highest BCUT2D eigenvalue weighted by Gasteiger charge is 2.17. The van der Waals surface area contributed by atoms with E-state index in [0.717, 1.165) is 0 Å². The Bertz CT molecular complexity index is 263. The van der Waals surface area contributed by atoms with Gasteiger partial charge in [0.05, 0.1) is 24.6 Å². The molecule has 7 heteroatoms. The average molecular weight is 268 g/mol. The largest absolute Gasteiger partial charge is 0.392 e. The smallest absolute Gasteiger partial charge is 0.261 e. The minimum absolute atomic E-state index is 0.0241. The third-order valence-corrected chi connectivity index (χ3v) is 2.10. The van der Waals surface area contributed by atoms with Gasteiger partial charge in [0.2, 0.25) is 5.91 Å². The standard InChI is InChI=1S/C10H18F2N2O2S/c1-7(2)14(5-9(13)17)10(15)3-4-16-6-8(11)12/h7-8H,3-6H2,1-2H3,(H2,13,17). The molecule has 0 bridgehead atoms. The third kappa shape index (κ3) is 7.98. The monoisotopic (exact) mass is 268 g/mol. The number of carbonyl (C=O) groups is 1. The van der Waals surface area contributed by atoms with Crippen LogP contribution in [-0.2, 0) is 9.53 Å². The van der Waals surface area contributed by atoms with Crippen LogP contribution in [0.4, 0.5) is 8.78 Å². The van der Waals surface area contributed by atoms with Crippen molar-refractivity contribution in [2.24, 2.45) is 5.73 Å². The zero-order chi connectivity index (χ0) is 13.4. The van der Waals surface area contributed by atoms with Crippen LogP contribution in [0, 0.1) is 0 Å². The molecular weight excluding hydrogens is 250 g/mol. The van der Waals surface area contributed by atoms with E-state index in [1.54, 1.807) is 0 Å². The van der Waals surface area contributed by atoms with Crippen molar-refractivity contribution in [2.45, 2.75) is 32.7 Å². The minimum atomic E-state index is -2.51. The number of ether oxygens (including phenoxy) is 1. The molecule has 1 amide bonds. The molecule has 0 spiro atoms. The second-order valence-electron chi connectivity index (χ2n) is 3.80. The summed E-state index contributed by atoms with van der Waals surface area (Å²) >= 11 is 4.73. The van der Waals surface area contributed by atoms with Gasteiger partial charge in [-0.1, -0.05) is 12.2 Å². The molecule has 0 rings (SSSR count). The molecule has 0 atom stereocenters. The maximum absolute atomic E-state index is 11.8. The number of alkyl halides is 2. The zero-order valence-corrected chi connectivity index (χ0v) is 10.8. The quantitative estimate of drug-likeness (QED) is 0.530. The molecule has 0 radical (unpaired) electrons. The van der Waals surface area contributed by atoms with Gasteiger partial charge >= 0.3 is 0 Å². The number of nitrogens with zero attached hydrogens (tertiary/aromatic N) is 1. The summed E-state index contributed by atoms with van der Waals surface area (Å²) in [5.41, 5.74) is 5.37. The number of rotatable bonds is 8. The van der Waals surface area contributed by atoms with Gasteiger partial charge in [0, 0.05) is 6.04 Å².